The maximum atomic E-state index is 13.0. The number of aryl methyl sites for hydroxylation is 2. The minimum Gasteiger partial charge on any atom is -0.480 e. The molecular weight excluding hydrogens is 610 g/mol. The number of aliphatic hydroxyl groups is 2. The monoisotopic (exact) mass is 657 g/mol. The average molecular weight is 658 g/mol. The van der Waals surface area contributed by atoms with E-state index in [1.54, 1.807) is 11.8 Å². The molecule has 47 heavy (non-hydrogen) atoms. The summed E-state index contributed by atoms with van der Waals surface area (Å²) >= 11 is 0. The zero-order valence-corrected chi connectivity index (χ0v) is 27.0. The zero-order valence-electron chi connectivity index (χ0n) is 27.0. The van der Waals surface area contributed by atoms with E-state index in [0.29, 0.717) is 49.9 Å². The number of nitrogens with two attached hydrogens (primary N) is 2. The summed E-state index contributed by atoms with van der Waals surface area (Å²) in [5.41, 5.74) is 14.2. The number of para-hydroxylation sites is 1. The first-order valence-corrected chi connectivity index (χ1v) is 15.7. The van der Waals surface area contributed by atoms with Gasteiger partial charge in [0.1, 0.15) is 29.5 Å². The van der Waals surface area contributed by atoms with Crippen LogP contribution in [0, 0.1) is 12.3 Å². The quantitative estimate of drug-likeness (QED) is 0.0484. The predicted molar refractivity (Wildman–Crippen MR) is 174 cm³/mol. The van der Waals surface area contributed by atoms with Crippen molar-refractivity contribution in [2.24, 2.45) is 11.5 Å². The van der Waals surface area contributed by atoms with Gasteiger partial charge >= 0.3 is 5.97 Å². The lowest BCUT2D eigenvalue weighted by Gasteiger charge is -2.23. The number of amides is 3. The third kappa shape index (κ3) is 9.76. The van der Waals surface area contributed by atoms with Gasteiger partial charge in [-0.1, -0.05) is 43.2 Å². The molecule has 15 nitrogen and oxygen atoms in total. The van der Waals surface area contributed by atoms with Gasteiger partial charge in [-0.25, -0.2) is 4.79 Å². The molecular formula is C32H47N7O8. The van der Waals surface area contributed by atoms with Gasteiger partial charge in [-0.2, -0.15) is 0 Å². The van der Waals surface area contributed by atoms with Gasteiger partial charge in [0.2, 0.25) is 17.7 Å². The van der Waals surface area contributed by atoms with Crippen LogP contribution >= 0.6 is 0 Å². The average Bonchev–Trinajstić information content (AvgIpc) is 3.64. The smallest absolute Gasteiger partial charge is 0.329 e. The molecule has 11 N–H and O–H groups in total. The number of aliphatic hydroxyl groups excluding tert-OH is 2. The highest BCUT2D eigenvalue weighted by molar-refractivity contribution is 5.90. The number of hydrogen-bond acceptors (Lipinski definition) is 9. The molecule has 0 spiro atoms. The standard InChI is InChI=1S/C32H47N7O8/c1-4-20-9-8-10-21-17(2)27(47-28(20)21)26(42)25(31(45)46)38-23(41)11-6-5-7-13-36-29(43)22(37-30(44)24(33)18(3)40)15-19-12-14-39(16-19)32(34)35/h8-10,12,18,22,24-26,40,42H,4-7,11,13-16,33H2,1-3H3,(H3,34,35)(H,36,43)(H,37,44)(H,38,41)(H,45,46). The number of unbranched alkanes of at least 4 members (excludes halogenated alkanes) is 2. The molecule has 258 valence electrons. The SMILES string of the molecule is CCc1cccc2c(C)c(C(O)C(NC(=O)CCCCCNC(=O)C(CC3=CCN(C(=N)N)C3)NC(=O)C(N)C(C)O)C(=O)O)oc12. The van der Waals surface area contributed by atoms with Gasteiger partial charge in [-0.3, -0.25) is 19.8 Å². The number of nitrogens with one attached hydrogen (secondary N) is 4. The summed E-state index contributed by atoms with van der Waals surface area (Å²) in [5, 5.41) is 46.5. The molecule has 2 aromatic rings. The molecule has 0 saturated heterocycles. The molecule has 2 heterocycles. The van der Waals surface area contributed by atoms with Crippen molar-refractivity contribution in [2.75, 3.05) is 19.6 Å². The Morgan fingerprint density at radius 2 is 1.83 bits per heavy atom. The fraction of sp³-hybridized carbons (Fsp3) is 0.531. The van der Waals surface area contributed by atoms with E-state index in [4.69, 9.17) is 21.3 Å². The van der Waals surface area contributed by atoms with E-state index in [1.807, 2.05) is 31.2 Å². The van der Waals surface area contributed by atoms with Crippen molar-refractivity contribution in [3.8, 4) is 0 Å². The number of hydrogen-bond donors (Lipinski definition) is 9. The molecule has 1 aromatic carbocycles. The third-order valence-corrected chi connectivity index (χ3v) is 8.27. The van der Waals surface area contributed by atoms with Crippen LogP contribution in [0.4, 0.5) is 0 Å². The maximum Gasteiger partial charge on any atom is 0.329 e. The van der Waals surface area contributed by atoms with E-state index >= 15 is 0 Å². The number of fused-ring (bicyclic) bond motifs is 1. The number of rotatable bonds is 17. The fourth-order valence-corrected chi connectivity index (χ4v) is 5.38. The molecule has 1 aromatic heterocycles. The second kappa shape index (κ2) is 16.9. The molecule has 5 unspecified atom stereocenters. The normalized spacial score (nSPS) is 16.1. The van der Waals surface area contributed by atoms with Gasteiger partial charge in [0.25, 0.3) is 0 Å². The molecule has 0 aliphatic carbocycles. The number of carbonyl (C=O) groups is 4. The highest BCUT2D eigenvalue weighted by Gasteiger charge is 2.34. The largest absolute Gasteiger partial charge is 0.480 e. The lowest BCUT2D eigenvalue weighted by atomic mass is 10.0. The summed E-state index contributed by atoms with van der Waals surface area (Å²) in [6.45, 7) is 6.08. The summed E-state index contributed by atoms with van der Waals surface area (Å²) in [5.74, 6) is -3.10. The van der Waals surface area contributed by atoms with Crippen molar-refractivity contribution in [2.45, 2.75) is 89.6 Å². The van der Waals surface area contributed by atoms with Crippen LogP contribution in [0.25, 0.3) is 11.0 Å². The molecule has 5 atom stereocenters. The Hall–Kier alpha value is -4.47. The molecule has 0 radical (unpaired) electrons. The lowest BCUT2D eigenvalue weighted by molar-refractivity contribution is -0.145. The van der Waals surface area contributed by atoms with E-state index < -0.39 is 54.0 Å². The maximum absolute atomic E-state index is 13.0. The van der Waals surface area contributed by atoms with Crippen LogP contribution in [0.5, 0.6) is 0 Å². The number of benzene rings is 1. The van der Waals surface area contributed by atoms with E-state index in [0.717, 1.165) is 16.5 Å². The molecule has 0 saturated carbocycles. The molecule has 3 amide bonds. The minimum atomic E-state index is -1.61. The van der Waals surface area contributed by atoms with Gasteiger partial charge in [0.05, 0.1) is 6.10 Å². The van der Waals surface area contributed by atoms with Gasteiger partial charge in [0.15, 0.2) is 12.0 Å². The van der Waals surface area contributed by atoms with Crippen molar-refractivity contribution in [3.63, 3.8) is 0 Å². The van der Waals surface area contributed by atoms with Crippen LogP contribution in [0.2, 0.25) is 0 Å². The molecule has 15 heteroatoms. The number of furan rings is 1. The van der Waals surface area contributed by atoms with Gasteiger partial charge in [0, 0.05) is 37.0 Å². The summed E-state index contributed by atoms with van der Waals surface area (Å²) in [4.78, 5) is 51.7. The highest BCUT2D eigenvalue weighted by atomic mass is 16.4. The lowest BCUT2D eigenvalue weighted by Crippen LogP contribution is -2.54. The zero-order chi connectivity index (χ0) is 34.8. The summed E-state index contributed by atoms with van der Waals surface area (Å²) < 4.78 is 5.89. The third-order valence-electron chi connectivity index (χ3n) is 8.27. The second-order valence-electron chi connectivity index (χ2n) is 11.8. The summed E-state index contributed by atoms with van der Waals surface area (Å²) in [6.07, 6.45) is 1.39. The first-order chi connectivity index (χ1) is 22.2. The van der Waals surface area contributed by atoms with Crippen molar-refractivity contribution >= 4 is 40.6 Å². The highest BCUT2D eigenvalue weighted by Crippen LogP contribution is 2.33. The Morgan fingerprint density at radius 1 is 1.11 bits per heavy atom. The Labute approximate surface area is 273 Å². The molecule has 1 aliphatic rings. The van der Waals surface area contributed by atoms with Crippen LogP contribution in [-0.4, -0.2) is 93.7 Å². The minimum absolute atomic E-state index is 0.000258. The van der Waals surface area contributed by atoms with E-state index in [-0.39, 0.29) is 31.1 Å². The van der Waals surface area contributed by atoms with E-state index in [9.17, 15) is 34.5 Å². The Morgan fingerprint density at radius 3 is 2.45 bits per heavy atom. The van der Waals surface area contributed by atoms with Crippen LogP contribution in [-0.2, 0) is 25.6 Å². The number of carboxylic acids is 1. The van der Waals surface area contributed by atoms with Gasteiger partial charge < -0.3 is 52.1 Å². The van der Waals surface area contributed by atoms with Gasteiger partial charge in [-0.05, 0) is 45.1 Å². The number of carboxylic acid groups (broad SMARTS) is 1. The predicted octanol–water partition coefficient (Wildman–Crippen LogP) is 0.301. The Kier molecular flexibility index (Phi) is 13.3. The topological polar surface area (TPSA) is 257 Å². The summed E-state index contributed by atoms with van der Waals surface area (Å²) in [7, 11) is 0. The number of carbonyl (C=O) groups excluding carboxylic acids is 3. The summed E-state index contributed by atoms with van der Waals surface area (Å²) in [6, 6.07) is 1.79. The van der Waals surface area contributed by atoms with E-state index in [1.165, 1.54) is 6.92 Å². The molecule has 3 rings (SSSR count). The molecule has 0 bridgehead atoms. The Bertz CT molecular complexity index is 1490. The molecule has 0 fully saturated rings. The van der Waals surface area contributed by atoms with Crippen LogP contribution in [0.1, 0.15) is 68.9 Å². The van der Waals surface area contributed by atoms with Crippen molar-refractivity contribution in [1.82, 2.24) is 20.9 Å². The van der Waals surface area contributed by atoms with Gasteiger partial charge in [-0.15, -0.1) is 0 Å². The van der Waals surface area contributed by atoms with Crippen molar-refractivity contribution < 1.29 is 38.9 Å². The Balaban J connectivity index is 1.49. The number of aliphatic carboxylic acids is 1. The van der Waals surface area contributed by atoms with Crippen LogP contribution < -0.4 is 27.4 Å². The first-order valence-electron chi connectivity index (χ1n) is 15.7. The molecule has 1 aliphatic heterocycles. The number of guanidine groups is 1. The van der Waals surface area contributed by atoms with E-state index in [2.05, 4.69) is 16.0 Å². The fourth-order valence-electron chi connectivity index (χ4n) is 5.38. The van der Waals surface area contributed by atoms with Crippen LogP contribution in [0.3, 0.4) is 0 Å². The van der Waals surface area contributed by atoms with Crippen molar-refractivity contribution in [1.29, 1.82) is 5.41 Å². The second-order valence-corrected chi connectivity index (χ2v) is 11.8. The van der Waals surface area contributed by atoms with Crippen molar-refractivity contribution in [3.05, 3.63) is 46.7 Å². The first kappa shape index (κ1) is 37.0. The van der Waals surface area contributed by atoms with Crippen LogP contribution in [0.15, 0.2) is 34.3 Å². The number of nitrogens with zero attached hydrogens (tertiary/aromatic N) is 1.